The summed E-state index contributed by atoms with van der Waals surface area (Å²) in [5, 5.41) is 11.9. The van der Waals surface area contributed by atoms with Gasteiger partial charge in [-0.15, -0.1) is 0 Å². The molecule has 0 fully saturated rings. The molecule has 0 aliphatic rings. The Hall–Kier alpha value is -3.34. The van der Waals surface area contributed by atoms with Crippen LogP contribution in [0.1, 0.15) is 30.6 Å². The average Bonchev–Trinajstić information content (AvgIpc) is 3.10. The largest absolute Gasteiger partial charge is 0.506 e. The average molecular weight is 362 g/mol. The van der Waals surface area contributed by atoms with Gasteiger partial charge in [-0.1, -0.05) is 44.2 Å². The summed E-state index contributed by atoms with van der Waals surface area (Å²) in [6.07, 6.45) is 1.69. The highest BCUT2D eigenvalue weighted by molar-refractivity contribution is 6.20. The van der Waals surface area contributed by atoms with Gasteiger partial charge in [0.1, 0.15) is 11.3 Å². The second kappa shape index (κ2) is 6.43. The van der Waals surface area contributed by atoms with Crippen molar-refractivity contribution in [2.75, 3.05) is 0 Å². The van der Waals surface area contributed by atoms with Gasteiger partial charge in [-0.2, -0.15) is 0 Å². The number of aromatic hydroxyl groups is 1. The normalized spacial score (nSPS) is 11.5. The molecule has 5 heteroatoms. The standard InChI is InChI=1S/C22H18O5/c1-12(2)10-16(23)19-20(25)18-15(13-6-4-3-5-7-13)11-17(24)27-22(18)14-8-9-26-21(14)19/h3-9,11-12,25H,10H2,1-2H3. The minimum absolute atomic E-state index is 0.125. The maximum absolute atomic E-state index is 12.8. The lowest BCUT2D eigenvalue weighted by molar-refractivity contribution is 0.0966. The molecule has 27 heavy (non-hydrogen) atoms. The number of ketones is 1. The summed E-state index contributed by atoms with van der Waals surface area (Å²) in [5.74, 6) is -0.310. The van der Waals surface area contributed by atoms with Crippen LogP contribution in [0.4, 0.5) is 0 Å². The molecule has 1 N–H and O–H groups in total. The van der Waals surface area contributed by atoms with Crippen LogP contribution in [0.5, 0.6) is 5.75 Å². The predicted octanol–water partition coefficient (Wildman–Crippen LogP) is 5.14. The Morgan fingerprint density at radius 2 is 1.85 bits per heavy atom. The summed E-state index contributed by atoms with van der Waals surface area (Å²) in [6, 6.07) is 12.2. The fourth-order valence-electron chi connectivity index (χ4n) is 3.41. The van der Waals surface area contributed by atoms with E-state index in [4.69, 9.17) is 8.83 Å². The first-order valence-corrected chi connectivity index (χ1v) is 8.76. The van der Waals surface area contributed by atoms with Crippen molar-refractivity contribution in [3.05, 3.63) is 64.7 Å². The fourth-order valence-corrected chi connectivity index (χ4v) is 3.41. The van der Waals surface area contributed by atoms with E-state index in [-0.39, 0.29) is 40.6 Å². The Kier molecular flexibility index (Phi) is 4.07. The number of benzene rings is 2. The van der Waals surface area contributed by atoms with Crippen molar-refractivity contribution in [1.29, 1.82) is 0 Å². The molecule has 0 unspecified atom stereocenters. The number of phenolic OH excluding ortho intramolecular Hbond substituents is 1. The molecule has 0 radical (unpaired) electrons. The molecular weight excluding hydrogens is 344 g/mol. The first kappa shape index (κ1) is 17.1. The number of fused-ring (bicyclic) bond motifs is 3. The number of carbonyl (C=O) groups is 1. The molecule has 0 atom stereocenters. The van der Waals surface area contributed by atoms with Gasteiger partial charge < -0.3 is 13.9 Å². The zero-order valence-electron chi connectivity index (χ0n) is 15.0. The van der Waals surface area contributed by atoms with Gasteiger partial charge in [-0.3, -0.25) is 4.79 Å². The SMILES string of the molecule is CC(C)CC(=O)c1c(O)c2c(-c3ccccc3)cc(=O)oc2c2ccoc12. The number of rotatable bonds is 4. The van der Waals surface area contributed by atoms with Gasteiger partial charge in [-0.05, 0) is 17.5 Å². The minimum atomic E-state index is -0.537. The molecule has 0 aliphatic carbocycles. The van der Waals surface area contributed by atoms with E-state index in [1.807, 2.05) is 44.2 Å². The van der Waals surface area contributed by atoms with E-state index in [1.165, 1.54) is 12.3 Å². The van der Waals surface area contributed by atoms with E-state index >= 15 is 0 Å². The van der Waals surface area contributed by atoms with Gasteiger partial charge in [0.25, 0.3) is 0 Å². The molecule has 2 aromatic heterocycles. The first-order valence-electron chi connectivity index (χ1n) is 8.76. The predicted molar refractivity (Wildman–Crippen MR) is 103 cm³/mol. The minimum Gasteiger partial charge on any atom is -0.506 e. The Morgan fingerprint density at radius 3 is 2.56 bits per heavy atom. The highest BCUT2D eigenvalue weighted by atomic mass is 16.4. The Balaban J connectivity index is 2.16. The first-order chi connectivity index (χ1) is 13.0. The third-order valence-electron chi connectivity index (χ3n) is 4.53. The van der Waals surface area contributed by atoms with Crippen molar-refractivity contribution in [2.24, 2.45) is 5.92 Å². The smallest absolute Gasteiger partial charge is 0.336 e. The molecule has 4 rings (SSSR count). The second-order valence-corrected chi connectivity index (χ2v) is 6.96. The number of hydrogen-bond acceptors (Lipinski definition) is 5. The van der Waals surface area contributed by atoms with Crippen molar-refractivity contribution >= 4 is 27.7 Å². The van der Waals surface area contributed by atoms with Crippen molar-refractivity contribution in [3.63, 3.8) is 0 Å². The number of Topliss-reactive ketones (excluding diaryl/α,β-unsaturated/α-hetero) is 1. The van der Waals surface area contributed by atoms with E-state index in [9.17, 15) is 14.7 Å². The molecule has 0 amide bonds. The zero-order chi connectivity index (χ0) is 19.1. The summed E-state index contributed by atoms with van der Waals surface area (Å²) in [7, 11) is 0. The van der Waals surface area contributed by atoms with Crippen LogP contribution in [0, 0.1) is 5.92 Å². The van der Waals surface area contributed by atoms with Crippen molar-refractivity contribution in [1.82, 2.24) is 0 Å². The number of phenols is 1. The van der Waals surface area contributed by atoms with Crippen LogP contribution < -0.4 is 5.63 Å². The lowest BCUT2D eigenvalue weighted by atomic mass is 9.93. The highest BCUT2D eigenvalue weighted by Gasteiger charge is 2.26. The number of furan rings is 1. The molecule has 2 heterocycles. The summed E-state index contributed by atoms with van der Waals surface area (Å²) >= 11 is 0. The Labute approximate surface area is 154 Å². The van der Waals surface area contributed by atoms with E-state index in [0.717, 1.165) is 5.56 Å². The van der Waals surface area contributed by atoms with Crippen molar-refractivity contribution < 1.29 is 18.7 Å². The zero-order valence-corrected chi connectivity index (χ0v) is 15.0. The summed E-state index contributed by atoms with van der Waals surface area (Å²) in [5.41, 5.74) is 1.30. The van der Waals surface area contributed by atoms with Gasteiger partial charge in [0.15, 0.2) is 16.9 Å². The summed E-state index contributed by atoms with van der Waals surface area (Å²) in [4.78, 5) is 25.0. The monoisotopic (exact) mass is 362 g/mol. The molecule has 4 aromatic rings. The lowest BCUT2D eigenvalue weighted by Gasteiger charge is -2.12. The summed E-state index contributed by atoms with van der Waals surface area (Å²) in [6.45, 7) is 3.87. The van der Waals surface area contributed by atoms with Crippen molar-refractivity contribution in [2.45, 2.75) is 20.3 Å². The molecule has 0 aliphatic heterocycles. The van der Waals surface area contributed by atoms with Crippen LogP contribution in [0.25, 0.3) is 33.1 Å². The topological polar surface area (TPSA) is 80.6 Å². The molecule has 0 bridgehead atoms. The maximum Gasteiger partial charge on any atom is 0.336 e. The maximum atomic E-state index is 12.8. The molecule has 0 saturated carbocycles. The fraction of sp³-hybridized carbons (Fsp3) is 0.182. The van der Waals surface area contributed by atoms with Gasteiger partial charge >= 0.3 is 5.63 Å². The lowest BCUT2D eigenvalue weighted by Crippen LogP contribution is -2.06. The number of hydrogen-bond donors (Lipinski definition) is 1. The van der Waals surface area contributed by atoms with Crippen LogP contribution in [0.15, 0.2) is 62.4 Å². The van der Waals surface area contributed by atoms with Gasteiger partial charge in [0.05, 0.1) is 17.0 Å². The number of carbonyl (C=O) groups excluding carboxylic acids is 1. The quantitative estimate of drug-likeness (QED) is 0.401. The van der Waals surface area contributed by atoms with Gasteiger partial charge in [0, 0.05) is 18.1 Å². The second-order valence-electron chi connectivity index (χ2n) is 6.96. The van der Waals surface area contributed by atoms with E-state index in [1.54, 1.807) is 6.07 Å². The molecule has 2 aromatic carbocycles. The van der Waals surface area contributed by atoms with Crippen LogP contribution >= 0.6 is 0 Å². The van der Waals surface area contributed by atoms with Crippen LogP contribution in [-0.2, 0) is 0 Å². The van der Waals surface area contributed by atoms with E-state index in [2.05, 4.69) is 0 Å². The van der Waals surface area contributed by atoms with Gasteiger partial charge in [-0.25, -0.2) is 4.79 Å². The molecular formula is C22H18O5. The molecule has 5 nitrogen and oxygen atoms in total. The third kappa shape index (κ3) is 2.81. The summed E-state index contributed by atoms with van der Waals surface area (Å²) < 4.78 is 10.9. The van der Waals surface area contributed by atoms with E-state index in [0.29, 0.717) is 16.3 Å². The highest BCUT2D eigenvalue weighted by Crippen LogP contribution is 2.42. The molecule has 0 spiro atoms. The Bertz CT molecular complexity index is 1210. The van der Waals surface area contributed by atoms with E-state index < -0.39 is 5.63 Å². The van der Waals surface area contributed by atoms with Crippen LogP contribution in [0.3, 0.4) is 0 Å². The Morgan fingerprint density at radius 1 is 1.11 bits per heavy atom. The van der Waals surface area contributed by atoms with Gasteiger partial charge in [0.2, 0.25) is 0 Å². The van der Waals surface area contributed by atoms with Crippen LogP contribution in [0.2, 0.25) is 0 Å². The molecule has 0 saturated heterocycles. The van der Waals surface area contributed by atoms with Crippen LogP contribution in [-0.4, -0.2) is 10.9 Å². The van der Waals surface area contributed by atoms with Crippen molar-refractivity contribution in [3.8, 4) is 16.9 Å². The third-order valence-corrected chi connectivity index (χ3v) is 4.53. The molecule has 136 valence electrons.